The number of hydrogen-bond acceptors (Lipinski definition) is 4. The molecule has 0 bridgehead atoms. The second kappa shape index (κ2) is 5.49. The van der Waals surface area contributed by atoms with Crippen molar-refractivity contribution in [3.63, 3.8) is 0 Å². The van der Waals surface area contributed by atoms with Crippen molar-refractivity contribution < 1.29 is 18.0 Å². The van der Waals surface area contributed by atoms with E-state index in [9.17, 15) is 13.6 Å². The number of nitrogens with zero attached hydrogens (tertiary/aromatic N) is 1. The second-order valence-electron chi connectivity index (χ2n) is 5.36. The zero-order valence-corrected chi connectivity index (χ0v) is 11.9. The molecule has 22 heavy (non-hydrogen) atoms. The molecule has 1 fully saturated rings. The second-order valence-corrected chi connectivity index (χ2v) is 5.36. The molecular formula is C15H15F2N3O2. The molecule has 1 aromatic heterocycles. The molecule has 3 rings (SSSR count). The highest BCUT2D eigenvalue weighted by molar-refractivity contribution is 5.95. The molecular weight excluding hydrogens is 292 g/mol. The lowest BCUT2D eigenvalue weighted by Crippen LogP contribution is -2.35. The Morgan fingerprint density at radius 3 is 2.95 bits per heavy atom. The standard InChI is InChI=1S/C15H15F2N3O2/c1-9-7-22-14(19-9)10-3-2-4-11(5-10)20-13(21)12-6-15(16,17)8-18-12/h2-5,7,12,18H,6,8H2,1H3,(H,20,21). The number of benzene rings is 1. The van der Waals surface area contributed by atoms with E-state index in [0.29, 0.717) is 17.1 Å². The van der Waals surface area contributed by atoms with Gasteiger partial charge in [0.2, 0.25) is 11.8 Å². The van der Waals surface area contributed by atoms with Gasteiger partial charge in [-0.05, 0) is 25.1 Å². The van der Waals surface area contributed by atoms with Crippen molar-refractivity contribution in [3.8, 4) is 11.5 Å². The average Bonchev–Trinajstić information content (AvgIpc) is 3.05. The molecule has 1 amide bonds. The molecule has 2 N–H and O–H groups in total. The summed E-state index contributed by atoms with van der Waals surface area (Å²) in [5.74, 6) is -2.86. The monoisotopic (exact) mass is 307 g/mol. The van der Waals surface area contributed by atoms with Crippen molar-refractivity contribution in [1.82, 2.24) is 10.3 Å². The van der Waals surface area contributed by atoms with Gasteiger partial charge in [0.05, 0.1) is 18.3 Å². The van der Waals surface area contributed by atoms with Crippen molar-refractivity contribution in [2.45, 2.75) is 25.3 Å². The zero-order valence-electron chi connectivity index (χ0n) is 11.9. The first-order chi connectivity index (χ1) is 10.4. The number of anilines is 1. The number of halogens is 2. The van der Waals surface area contributed by atoms with E-state index in [1.165, 1.54) is 6.26 Å². The summed E-state index contributed by atoms with van der Waals surface area (Å²) in [5.41, 5.74) is 1.97. The first-order valence-corrected chi connectivity index (χ1v) is 6.88. The van der Waals surface area contributed by atoms with E-state index in [4.69, 9.17) is 4.42 Å². The number of hydrogen-bond donors (Lipinski definition) is 2. The molecule has 1 aromatic carbocycles. The van der Waals surface area contributed by atoms with Crippen molar-refractivity contribution >= 4 is 11.6 Å². The third-order valence-corrected chi connectivity index (χ3v) is 3.42. The minimum absolute atomic E-state index is 0.444. The average molecular weight is 307 g/mol. The van der Waals surface area contributed by atoms with Crippen molar-refractivity contribution in [3.05, 3.63) is 36.2 Å². The highest BCUT2D eigenvalue weighted by Gasteiger charge is 2.42. The number of oxazole rings is 1. The van der Waals surface area contributed by atoms with Crippen molar-refractivity contribution in [2.75, 3.05) is 11.9 Å². The summed E-state index contributed by atoms with van der Waals surface area (Å²) in [6, 6.07) is 6.02. The quantitative estimate of drug-likeness (QED) is 0.914. The first kappa shape index (κ1) is 14.6. The van der Waals surface area contributed by atoms with E-state index in [0.717, 1.165) is 5.69 Å². The molecule has 1 unspecified atom stereocenters. The summed E-state index contributed by atoms with van der Waals surface area (Å²) in [6.45, 7) is 1.34. The van der Waals surface area contributed by atoms with Crippen LogP contribution in [0.25, 0.3) is 11.5 Å². The van der Waals surface area contributed by atoms with E-state index >= 15 is 0 Å². The van der Waals surface area contributed by atoms with Crippen LogP contribution in [-0.4, -0.2) is 29.4 Å². The van der Waals surface area contributed by atoms with E-state index < -0.39 is 30.8 Å². The van der Waals surface area contributed by atoms with Crippen molar-refractivity contribution in [1.29, 1.82) is 0 Å². The van der Waals surface area contributed by atoms with Crippen molar-refractivity contribution in [2.24, 2.45) is 0 Å². The number of amides is 1. The van der Waals surface area contributed by atoms with Crippen LogP contribution in [0, 0.1) is 6.92 Å². The lowest BCUT2D eigenvalue weighted by molar-refractivity contribution is -0.118. The van der Waals surface area contributed by atoms with Crippen LogP contribution in [0.3, 0.4) is 0 Å². The molecule has 116 valence electrons. The van der Waals surface area contributed by atoms with Crippen LogP contribution >= 0.6 is 0 Å². The number of nitrogens with one attached hydrogen (secondary N) is 2. The van der Waals surface area contributed by atoms with Crippen LogP contribution in [0.5, 0.6) is 0 Å². The van der Waals surface area contributed by atoms with Gasteiger partial charge in [-0.3, -0.25) is 10.1 Å². The fraction of sp³-hybridized carbons (Fsp3) is 0.333. The van der Waals surface area contributed by atoms with Gasteiger partial charge in [0.15, 0.2) is 0 Å². The molecule has 1 saturated heterocycles. The van der Waals surface area contributed by atoms with Crippen LogP contribution < -0.4 is 10.6 Å². The number of alkyl halides is 2. The Morgan fingerprint density at radius 1 is 1.50 bits per heavy atom. The van der Waals surface area contributed by atoms with Crippen LogP contribution in [-0.2, 0) is 4.79 Å². The highest BCUT2D eigenvalue weighted by Crippen LogP contribution is 2.26. The number of carbonyl (C=O) groups excluding carboxylic acids is 1. The molecule has 5 nitrogen and oxygen atoms in total. The van der Waals surface area contributed by atoms with Gasteiger partial charge in [-0.2, -0.15) is 0 Å². The molecule has 1 aliphatic rings. The summed E-state index contributed by atoms with van der Waals surface area (Å²) in [5, 5.41) is 5.16. The third-order valence-electron chi connectivity index (χ3n) is 3.42. The topological polar surface area (TPSA) is 67.2 Å². The lowest BCUT2D eigenvalue weighted by atomic mass is 10.1. The molecule has 7 heteroatoms. The normalized spacial score (nSPS) is 20.0. The molecule has 0 spiro atoms. The number of carbonyl (C=O) groups is 1. The summed E-state index contributed by atoms with van der Waals surface area (Å²) in [4.78, 5) is 16.2. The Bertz CT molecular complexity index is 700. The molecule has 0 radical (unpaired) electrons. The third kappa shape index (κ3) is 3.14. The van der Waals surface area contributed by atoms with Gasteiger partial charge in [0, 0.05) is 17.7 Å². The minimum Gasteiger partial charge on any atom is -0.444 e. The van der Waals surface area contributed by atoms with E-state index in [2.05, 4.69) is 15.6 Å². The first-order valence-electron chi connectivity index (χ1n) is 6.88. The maximum absolute atomic E-state index is 13.1. The van der Waals surface area contributed by atoms with E-state index in [1.54, 1.807) is 24.3 Å². The van der Waals surface area contributed by atoms with Crippen LogP contribution in [0.15, 0.2) is 34.9 Å². The predicted molar refractivity (Wildman–Crippen MR) is 76.7 cm³/mol. The van der Waals surface area contributed by atoms with Gasteiger partial charge in [0.1, 0.15) is 6.26 Å². The molecule has 2 heterocycles. The smallest absolute Gasteiger partial charge is 0.262 e. The Morgan fingerprint density at radius 2 is 2.32 bits per heavy atom. The summed E-state index contributed by atoms with van der Waals surface area (Å²) in [6.07, 6.45) is 1.04. The fourth-order valence-corrected chi connectivity index (χ4v) is 2.35. The van der Waals surface area contributed by atoms with Gasteiger partial charge < -0.3 is 9.73 Å². The van der Waals surface area contributed by atoms with Gasteiger partial charge >= 0.3 is 0 Å². The maximum Gasteiger partial charge on any atom is 0.262 e. The number of rotatable bonds is 3. The number of aryl methyl sites for hydroxylation is 1. The Hall–Kier alpha value is -2.28. The van der Waals surface area contributed by atoms with Crippen LogP contribution in [0.2, 0.25) is 0 Å². The molecule has 2 aromatic rings. The lowest BCUT2D eigenvalue weighted by Gasteiger charge is -2.11. The zero-order chi connectivity index (χ0) is 15.7. The molecule has 1 aliphatic heterocycles. The molecule has 1 atom stereocenters. The van der Waals surface area contributed by atoms with Gasteiger partial charge in [-0.15, -0.1) is 0 Å². The van der Waals surface area contributed by atoms with Gasteiger partial charge in [-0.25, -0.2) is 13.8 Å². The van der Waals surface area contributed by atoms with Crippen LogP contribution in [0.4, 0.5) is 14.5 Å². The largest absolute Gasteiger partial charge is 0.444 e. The fourth-order valence-electron chi connectivity index (χ4n) is 2.35. The SMILES string of the molecule is Cc1coc(-c2cccc(NC(=O)C3CC(F)(F)CN3)c2)n1. The van der Waals surface area contributed by atoms with Gasteiger partial charge in [0.25, 0.3) is 5.92 Å². The Balaban J connectivity index is 1.72. The van der Waals surface area contributed by atoms with Gasteiger partial charge in [-0.1, -0.05) is 6.07 Å². The molecule has 0 saturated carbocycles. The van der Waals surface area contributed by atoms with Crippen LogP contribution in [0.1, 0.15) is 12.1 Å². The molecule has 0 aliphatic carbocycles. The van der Waals surface area contributed by atoms with E-state index in [1.807, 2.05) is 6.92 Å². The van der Waals surface area contributed by atoms with E-state index in [-0.39, 0.29) is 0 Å². The highest BCUT2D eigenvalue weighted by atomic mass is 19.3. The predicted octanol–water partition coefficient (Wildman–Crippen LogP) is 2.59. The summed E-state index contributed by atoms with van der Waals surface area (Å²) >= 11 is 0. The Labute approximate surface area is 125 Å². The summed E-state index contributed by atoms with van der Waals surface area (Å²) < 4.78 is 31.5. The number of aromatic nitrogens is 1. The summed E-state index contributed by atoms with van der Waals surface area (Å²) in [7, 11) is 0. The maximum atomic E-state index is 13.1. The minimum atomic E-state index is -2.83. The Kier molecular flexibility index (Phi) is 3.66.